The van der Waals surface area contributed by atoms with Crippen LogP contribution in [-0.2, 0) is 30.9 Å². The standard InChI is InChI=1S/C23H27NO7S/c1-3-30-22(25)18-7-9-21(10-8-18)32(27,28)24-13-11-19(12-14-24)23(26)31-16-17-5-4-6-20(15-17)29-2/h4-10,15,19H,3,11-14,16H2,1-2H3. The number of hydrogen-bond donors (Lipinski definition) is 0. The summed E-state index contributed by atoms with van der Waals surface area (Å²) >= 11 is 0. The Morgan fingerprint density at radius 3 is 2.34 bits per heavy atom. The Bertz CT molecular complexity index is 1040. The molecule has 1 fully saturated rings. The molecule has 0 N–H and O–H groups in total. The van der Waals surface area contributed by atoms with Gasteiger partial charge in [-0.1, -0.05) is 12.1 Å². The van der Waals surface area contributed by atoms with Crippen molar-refractivity contribution in [2.75, 3.05) is 26.8 Å². The fourth-order valence-corrected chi connectivity index (χ4v) is 4.96. The number of hydrogen-bond acceptors (Lipinski definition) is 7. The number of piperidine rings is 1. The smallest absolute Gasteiger partial charge is 0.338 e. The van der Waals surface area contributed by atoms with Crippen LogP contribution in [0, 0.1) is 5.92 Å². The van der Waals surface area contributed by atoms with Gasteiger partial charge in [0.2, 0.25) is 10.0 Å². The number of benzene rings is 2. The molecule has 172 valence electrons. The summed E-state index contributed by atoms with van der Waals surface area (Å²) in [6.07, 6.45) is 0.772. The molecule has 0 amide bonds. The highest BCUT2D eigenvalue weighted by Crippen LogP contribution is 2.25. The Balaban J connectivity index is 1.54. The molecule has 9 heteroatoms. The zero-order chi connectivity index (χ0) is 23.1. The third kappa shape index (κ3) is 5.66. The number of ether oxygens (including phenoxy) is 3. The second-order valence-corrected chi connectivity index (χ2v) is 9.32. The van der Waals surface area contributed by atoms with Gasteiger partial charge in [0.1, 0.15) is 12.4 Å². The van der Waals surface area contributed by atoms with Gasteiger partial charge in [0.05, 0.1) is 30.1 Å². The van der Waals surface area contributed by atoms with Crippen LogP contribution in [0.25, 0.3) is 0 Å². The lowest BCUT2D eigenvalue weighted by molar-refractivity contribution is -0.151. The van der Waals surface area contributed by atoms with Gasteiger partial charge < -0.3 is 14.2 Å². The number of rotatable bonds is 8. The summed E-state index contributed by atoms with van der Waals surface area (Å²) in [6.45, 7) is 2.54. The van der Waals surface area contributed by atoms with Crippen molar-refractivity contribution in [1.82, 2.24) is 4.31 Å². The van der Waals surface area contributed by atoms with E-state index < -0.39 is 16.0 Å². The van der Waals surface area contributed by atoms with E-state index in [2.05, 4.69) is 0 Å². The van der Waals surface area contributed by atoms with Crippen molar-refractivity contribution < 1.29 is 32.2 Å². The number of carbonyl (C=O) groups excluding carboxylic acids is 2. The summed E-state index contributed by atoms with van der Waals surface area (Å²) in [5, 5.41) is 0. The number of esters is 2. The largest absolute Gasteiger partial charge is 0.497 e. The first kappa shape index (κ1) is 23.7. The van der Waals surface area contributed by atoms with Crippen LogP contribution < -0.4 is 4.74 Å². The Hall–Kier alpha value is -2.91. The van der Waals surface area contributed by atoms with Crippen molar-refractivity contribution in [3.8, 4) is 5.75 Å². The first-order valence-corrected chi connectivity index (χ1v) is 11.9. The van der Waals surface area contributed by atoms with Gasteiger partial charge in [0, 0.05) is 13.1 Å². The van der Waals surface area contributed by atoms with E-state index in [1.807, 2.05) is 18.2 Å². The van der Waals surface area contributed by atoms with E-state index in [9.17, 15) is 18.0 Å². The first-order valence-electron chi connectivity index (χ1n) is 10.4. The van der Waals surface area contributed by atoms with Crippen molar-refractivity contribution in [3.05, 3.63) is 59.7 Å². The Morgan fingerprint density at radius 1 is 1.03 bits per heavy atom. The van der Waals surface area contributed by atoms with Crippen LogP contribution in [0.4, 0.5) is 0 Å². The van der Waals surface area contributed by atoms with Gasteiger partial charge in [-0.25, -0.2) is 13.2 Å². The molecule has 0 aliphatic carbocycles. The first-order chi connectivity index (χ1) is 15.3. The zero-order valence-electron chi connectivity index (χ0n) is 18.2. The lowest BCUT2D eigenvalue weighted by atomic mass is 9.98. The van der Waals surface area contributed by atoms with E-state index >= 15 is 0 Å². The predicted molar refractivity (Wildman–Crippen MR) is 117 cm³/mol. The molecule has 0 radical (unpaired) electrons. The second kappa shape index (κ2) is 10.6. The summed E-state index contributed by atoms with van der Waals surface area (Å²) in [7, 11) is -2.14. The molecular formula is C23H27NO7S. The van der Waals surface area contributed by atoms with E-state index in [0.29, 0.717) is 24.2 Å². The molecule has 1 aliphatic heterocycles. The van der Waals surface area contributed by atoms with Crippen LogP contribution in [0.1, 0.15) is 35.7 Å². The minimum absolute atomic E-state index is 0.101. The van der Waals surface area contributed by atoms with Crippen LogP contribution in [0.15, 0.2) is 53.4 Å². The fourth-order valence-electron chi connectivity index (χ4n) is 3.49. The van der Waals surface area contributed by atoms with E-state index in [-0.39, 0.29) is 43.1 Å². The molecule has 0 unspecified atom stereocenters. The zero-order valence-corrected chi connectivity index (χ0v) is 19.0. The lowest BCUT2D eigenvalue weighted by Gasteiger charge is -2.30. The Morgan fingerprint density at radius 2 is 1.72 bits per heavy atom. The van der Waals surface area contributed by atoms with Crippen molar-refractivity contribution >= 4 is 22.0 Å². The minimum atomic E-state index is -3.71. The maximum absolute atomic E-state index is 12.9. The highest BCUT2D eigenvalue weighted by Gasteiger charge is 2.33. The SMILES string of the molecule is CCOC(=O)c1ccc(S(=O)(=O)N2CCC(C(=O)OCc3cccc(OC)c3)CC2)cc1. The molecule has 0 aromatic heterocycles. The molecule has 32 heavy (non-hydrogen) atoms. The number of sulfonamides is 1. The Kier molecular flexibility index (Phi) is 7.87. The highest BCUT2D eigenvalue weighted by molar-refractivity contribution is 7.89. The van der Waals surface area contributed by atoms with Crippen molar-refractivity contribution in [2.45, 2.75) is 31.3 Å². The minimum Gasteiger partial charge on any atom is -0.497 e. The van der Waals surface area contributed by atoms with Gasteiger partial charge in [-0.15, -0.1) is 0 Å². The predicted octanol–water partition coefficient (Wildman–Crippen LogP) is 3.02. The van der Waals surface area contributed by atoms with Gasteiger partial charge >= 0.3 is 11.9 Å². The molecule has 0 atom stereocenters. The number of nitrogens with zero attached hydrogens (tertiary/aromatic N) is 1. The van der Waals surface area contributed by atoms with Crippen LogP contribution in [-0.4, -0.2) is 51.5 Å². The molecule has 1 saturated heterocycles. The fraction of sp³-hybridized carbons (Fsp3) is 0.391. The van der Waals surface area contributed by atoms with Gasteiger partial charge in [0.15, 0.2) is 0 Å². The Labute approximate surface area is 188 Å². The van der Waals surface area contributed by atoms with Crippen molar-refractivity contribution in [3.63, 3.8) is 0 Å². The van der Waals surface area contributed by atoms with E-state index in [1.165, 1.54) is 28.6 Å². The summed E-state index contributed by atoms with van der Waals surface area (Å²) in [4.78, 5) is 24.3. The maximum Gasteiger partial charge on any atom is 0.338 e. The number of carbonyl (C=O) groups is 2. The molecule has 2 aromatic carbocycles. The third-order valence-corrected chi connectivity index (χ3v) is 7.22. The van der Waals surface area contributed by atoms with Gasteiger partial charge in [-0.05, 0) is 61.7 Å². The quantitative estimate of drug-likeness (QED) is 0.557. The van der Waals surface area contributed by atoms with Crippen molar-refractivity contribution in [2.24, 2.45) is 5.92 Å². The van der Waals surface area contributed by atoms with Crippen LogP contribution >= 0.6 is 0 Å². The average Bonchev–Trinajstić information content (AvgIpc) is 2.83. The topological polar surface area (TPSA) is 99.2 Å². The second-order valence-electron chi connectivity index (χ2n) is 7.38. The summed E-state index contributed by atoms with van der Waals surface area (Å²) < 4.78 is 42.7. The molecule has 8 nitrogen and oxygen atoms in total. The normalized spacial score (nSPS) is 15.2. The van der Waals surface area contributed by atoms with Gasteiger partial charge in [-0.2, -0.15) is 4.31 Å². The van der Waals surface area contributed by atoms with E-state index in [1.54, 1.807) is 20.1 Å². The summed E-state index contributed by atoms with van der Waals surface area (Å²) in [6, 6.07) is 13.0. The van der Waals surface area contributed by atoms with E-state index in [4.69, 9.17) is 14.2 Å². The monoisotopic (exact) mass is 461 g/mol. The summed E-state index contributed by atoms with van der Waals surface area (Å²) in [5.74, 6) is -0.487. The number of methoxy groups -OCH3 is 1. The molecular weight excluding hydrogens is 434 g/mol. The van der Waals surface area contributed by atoms with Crippen LogP contribution in [0.5, 0.6) is 5.75 Å². The molecule has 2 aromatic rings. The lowest BCUT2D eigenvalue weighted by Crippen LogP contribution is -2.40. The molecule has 0 spiro atoms. The maximum atomic E-state index is 12.9. The van der Waals surface area contributed by atoms with Gasteiger partial charge in [0.25, 0.3) is 0 Å². The van der Waals surface area contributed by atoms with Crippen molar-refractivity contribution in [1.29, 1.82) is 0 Å². The summed E-state index contributed by atoms with van der Waals surface area (Å²) in [5.41, 5.74) is 1.12. The molecule has 1 heterocycles. The molecule has 0 saturated carbocycles. The molecule has 1 aliphatic rings. The van der Waals surface area contributed by atoms with Gasteiger partial charge in [-0.3, -0.25) is 4.79 Å². The molecule has 0 bridgehead atoms. The highest BCUT2D eigenvalue weighted by atomic mass is 32.2. The van der Waals surface area contributed by atoms with Crippen LogP contribution in [0.3, 0.4) is 0 Å². The van der Waals surface area contributed by atoms with E-state index in [0.717, 1.165) is 5.56 Å². The average molecular weight is 462 g/mol. The third-order valence-electron chi connectivity index (χ3n) is 5.31. The van der Waals surface area contributed by atoms with Crippen LogP contribution in [0.2, 0.25) is 0 Å². The molecule has 3 rings (SSSR count).